The van der Waals surface area contributed by atoms with Crippen molar-refractivity contribution in [2.24, 2.45) is 0 Å². The third-order valence-corrected chi connectivity index (χ3v) is 3.96. The Balaban J connectivity index is 2.85. The Kier molecular flexibility index (Phi) is 6.51. The van der Waals surface area contributed by atoms with Gasteiger partial charge < -0.3 is 15.2 Å². The van der Waals surface area contributed by atoms with Crippen molar-refractivity contribution < 1.29 is 9.84 Å². The normalized spacial score (nSPS) is 12.5. The van der Waals surface area contributed by atoms with Gasteiger partial charge in [-0.25, -0.2) is 0 Å². The zero-order valence-corrected chi connectivity index (χ0v) is 14.5. The zero-order chi connectivity index (χ0) is 16.1. The summed E-state index contributed by atoms with van der Waals surface area (Å²) in [4.78, 5) is 0. The number of para-hydroxylation sites is 1. The fourth-order valence-corrected chi connectivity index (χ4v) is 2.12. The zero-order valence-electron chi connectivity index (χ0n) is 13.8. The molecule has 0 fully saturated rings. The molecule has 0 unspecified atom stereocenters. The molecule has 3 nitrogen and oxygen atoms in total. The lowest BCUT2D eigenvalue weighted by Crippen LogP contribution is -2.36. The standard InChI is InChI=1S/C17H28ClNO2/c1-6-17(20,7-2)12-21-15-13(9-8-10-14(15)18)11-19-16(3,4)5/h8-10,19-20H,6-7,11-12H2,1-5H3. The van der Waals surface area contributed by atoms with Crippen molar-refractivity contribution in [1.82, 2.24) is 5.32 Å². The van der Waals surface area contributed by atoms with Crippen LogP contribution in [-0.4, -0.2) is 22.9 Å². The van der Waals surface area contributed by atoms with E-state index in [0.717, 1.165) is 5.56 Å². The van der Waals surface area contributed by atoms with Crippen molar-refractivity contribution in [3.63, 3.8) is 0 Å². The van der Waals surface area contributed by atoms with E-state index in [4.69, 9.17) is 16.3 Å². The van der Waals surface area contributed by atoms with Crippen molar-refractivity contribution in [3.8, 4) is 5.75 Å². The van der Waals surface area contributed by atoms with Gasteiger partial charge in [0.15, 0.2) is 0 Å². The number of rotatable bonds is 7. The van der Waals surface area contributed by atoms with Crippen LogP contribution in [0.3, 0.4) is 0 Å². The quantitative estimate of drug-likeness (QED) is 0.794. The number of hydrogen-bond donors (Lipinski definition) is 2. The summed E-state index contributed by atoms with van der Waals surface area (Å²) in [6.45, 7) is 11.2. The molecule has 0 saturated carbocycles. The maximum absolute atomic E-state index is 10.3. The van der Waals surface area contributed by atoms with E-state index in [1.165, 1.54) is 0 Å². The van der Waals surface area contributed by atoms with Crippen LogP contribution in [-0.2, 0) is 6.54 Å². The van der Waals surface area contributed by atoms with Gasteiger partial charge in [0, 0.05) is 17.6 Å². The Hall–Kier alpha value is -0.770. The van der Waals surface area contributed by atoms with Crippen LogP contribution in [0.5, 0.6) is 5.75 Å². The molecule has 21 heavy (non-hydrogen) atoms. The number of hydrogen-bond acceptors (Lipinski definition) is 3. The Labute approximate surface area is 133 Å². The van der Waals surface area contributed by atoms with E-state index >= 15 is 0 Å². The van der Waals surface area contributed by atoms with Gasteiger partial charge in [0.1, 0.15) is 12.4 Å². The van der Waals surface area contributed by atoms with Crippen molar-refractivity contribution in [2.45, 2.75) is 65.1 Å². The SMILES string of the molecule is CCC(O)(CC)COc1c(Cl)cccc1CNC(C)(C)C. The van der Waals surface area contributed by atoms with Gasteiger partial charge in [0.25, 0.3) is 0 Å². The molecule has 0 bridgehead atoms. The van der Waals surface area contributed by atoms with Gasteiger partial charge in [-0.2, -0.15) is 0 Å². The fraction of sp³-hybridized carbons (Fsp3) is 0.647. The molecule has 0 atom stereocenters. The van der Waals surface area contributed by atoms with Gasteiger partial charge in [0.05, 0.1) is 10.6 Å². The number of nitrogens with one attached hydrogen (secondary N) is 1. The molecule has 1 aromatic rings. The first kappa shape index (κ1) is 18.3. The van der Waals surface area contributed by atoms with Crippen LogP contribution >= 0.6 is 11.6 Å². The van der Waals surface area contributed by atoms with Crippen LogP contribution in [0.1, 0.15) is 53.0 Å². The monoisotopic (exact) mass is 313 g/mol. The first-order valence-corrected chi connectivity index (χ1v) is 7.96. The lowest BCUT2D eigenvalue weighted by Gasteiger charge is -2.27. The van der Waals surface area contributed by atoms with E-state index in [0.29, 0.717) is 30.2 Å². The van der Waals surface area contributed by atoms with Crippen molar-refractivity contribution in [3.05, 3.63) is 28.8 Å². The van der Waals surface area contributed by atoms with Gasteiger partial charge in [-0.1, -0.05) is 37.6 Å². The summed E-state index contributed by atoms with van der Waals surface area (Å²) < 4.78 is 5.86. The molecular weight excluding hydrogens is 286 g/mol. The van der Waals surface area contributed by atoms with Crippen molar-refractivity contribution in [1.29, 1.82) is 0 Å². The van der Waals surface area contributed by atoms with Crippen molar-refractivity contribution >= 4 is 11.6 Å². The molecular formula is C17H28ClNO2. The first-order valence-electron chi connectivity index (χ1n) is 7.58. The second-order valence-electron chi connectivity index (χ2n) is 6.55. The second kappa shape index (κ2) is 7.48. The molecule has 0 heterocycles. The lowest BCUT2D eigenvalue weighted by atomic mass is 9.99. The van der Waals surface area contributed by atoms with E-state index in [2.05, 4.69) is 26.1 Å². The average molecular weight is 314 g/mol. The largest absolute Gasteiger partial charge is 0.489 e. The molecule has 2 N–H and O–H groups in total. The minimum atomic E-state index is -0.798. The van der Waals surface area contributed by atoms with Gasteiger partial charge in [-0.3, -0.25) is 0 Å². The molecule has 0 aliphatic rings. The Morgan fingerprint density at radius 1 is 1.19 bits per heavy atom. The van der Waals surface area contributed by atoms with Crippen LogP contribution in [0.15, 0.2) is 18.2 Å². The van der Waals surface area contributed by atoms with E-state index in [1.807, 2.05) is 32.0 Å². The third-order valence-electron chi connectivity index (χ3n) is 3.66. The van der Waals surface area contributed by atoms with Crippen LogP contribution in [0.25, 0.3) is 0 Å². The number of halogens is 1. The minimum Gasteiger partial charge on any atom is -0.489 e. The highest BCUT2D eigenvalue weighted by molar-refractivity contribution is 6.32. The Morgan fingerprint density at radius 2 is 1.81 bits per heavy atom. The molecule has 4 heteroatoms. The maximum Gasteiger partial charge on any atom is 0.142 e. The molecule has 0 amide bonds. The summed E-state index contributed by atoms with van der Waals surface area (Å²) in [6.07, 6.45) is 1.31. The molecule has 120 valence electrons. The predicted octanol–water partition coefficient (Wildman–Crippen LogP) is 4.16. The second-order valence-corrected chi connectivity index (χ2v) is 6.96. The van der Waals surface area contributed by atoms with Gasteiger partial charge in [0.2, 0.25) is 0 Å². The molecule has 0 saturated heterocycles. The summed E-state index contributed by atoms with van der Waals surface area (Å²) in [7, 11) is 0. The summed E-state index contributed by atoms with van der Waals surface area (Å²) in [5.41, 5.74) is 0.230. The highest BCUT2D eigenvalue weighted by Crippen LogP contribution is 2.30. The molecule has 1 rings (SSSR count). The number of ether oxygens (including phenoxy) is 1. The summed E-state index contributed by atoms with van der Waals surface area (Å²) in [5.74, 6) is 0.663. The van der Waals surface area contributed by atoms with Crippen LogP contribution in [0.2, 0.25) is 5.02 Å². The lowest BCUT2D eigenvalue weighted by molar-refractivity contribution is -0.0116. The third kappa shape index (κ3) is 5.85. The molecule has 1 aromatic carbocycles. The predicted molar refractivity (Wildman–Crippen MR) is 89.1 cm³/mol. The van der Waals surface area contributed by atoms with Gasteiger partial charge in [-0.15, -0.1) is 0 Å². The first-order chi connectivity index (χ1) is 9.71. The molecule has 0 spiro atoms. The minimum absolute atomic E-state index is 0.0210. The van der Waals surface area contributed by atoms with Gasteiger partial charge >= 0.3 is 0 Å². The average Bonchev–Trinajstić information content (AvgIpc) is 2.43. The smallest absolute Gasteiger partial charge is 0.142 e. The molecule has 0 radical (unpaired) electrons. The fourth-order valence-electron chi connectivity index (χ4n) is 1.88. The van der Waals surface area contributed by atoms with E-state index < -0.39 is 5.60 Å². The molecule has 0 aliphatic carbocycles. The maximum atomic E-state index is 10.3. The molecule has 0 aromatic heterocycles. The summed E-state index contributed by atoms with van der Waals surface area (Å²) in [5, 5.41) is 14.4. The summed E-state index contributed by atoms with van der Waals surface area (Å²) in [6, 6.07) is 5.73. The highest BCUT2D eigenvalue weighted by Gasteiger charge is 2.24. The summed E-state index contributed by atoms with van der Waals surface area (Å²) >= 11 is 6.26. The number of benzene rings is 1. The number of aliphatic hydroxyl groups is 1. The Bertz CT molecular complexity index is 451. The topological polar surface area (TPSA) is 41.5 Å². The van der Waals surface area contributed by atoms with Gasteiger partial charge in [-0.05, 0) is 39.7 Å². The van der Waals surface area contributed by atoms with Crippen LogP contribution < -0.4 is 10.1 Å². The van der Waals surface area contributed by atoms with Crippen LogP contribution in [0.4, 0.5) is 0 Å². The van der Waals surface area contributed by atoms with E-state index in [1.54, 1.807) is 0 Å². The van der Waals surface area contributed by atoms with E-state index in [9.17, 15) is 5.11 Å². The Morgan fingerprint density at radius 3 is 2.33 bits per heavy atom. The van der Waals surface area contributed by atoms with Crippen molar-refractivity contribution in [2.75, 3.05) is 6.61 Å². The van der Waals surface area contributed by atoms with E-state index in [-0.39, 0.29) is 12.1 Å². The molecule has 0 aliphatic heterocycles. The highest BCUT2D eigenvalue weighted by atomic mass is 35.5. The van der Waals surface area contributed by atoms with Crippen LogP contribution in [0, 0.1) is 0 Å².